The Morgan fingerprint density at radius 2 is 2.00 bits per heavy atom. The van der Waals surface area contributed by atoms with E-state index in [1.807, 2.05) is 13.0 Å². The highest BCUT2D eigenvalue weighted by atomic mass is 16.5. The lowest BCUT2D eigenvalue weighted by molar-refractivity contribution is -0.147. The molecule has 0 aliphatic rings. The van der Waals surface area contributed by atoms with Crippen molar-refractivity contribution in [2.24, 2.45) is 0 Å². The molecule has 0 aliphatic heterocycles. The van der Waals surface area contributed by atoms with Gasteiger partial charge in [0.2, 0.25) is 0 Å². The average Bonchev–Trinajstić information content (AvgIpc) is 2.55. The minimum Gasteiger partial charge on any atom is -0.495 e. The lowest BCUT2D eigenvalue weighted by Crippen LogP contribution is -2.27. The molecule has 0 fully saturated rings. The number of hydrogen-bond donors (Lipinski definition) is 1. The third-order valence-electron chi connectivity index (χ3n) is 3.19. The Bertz CT molecular complexity index is 798. The molecule has 1 amide bonds. The molecule has 126 valence electrons. The van der Waals surface area contributed by atoms with Crippen molar-refractivity contribution in [2.75, 3.05) is 19.0 Å². The van der Waals surface area contributed by atoms with Gasteiger partial charge in [0, 0.05) is 12.3 Å². The van der Waals surface area contributed by atoms with Crippen LogP contribution in [0.3, 0.4) is 0 Å². The van der Waals surface area contributed by atoms with Crippen LogP contribution in [0, 0.1) is 6.92 Å². The number of benzene rings is 1. The van der Waals surface area contributed by atoms with Gasteiger partial charge in [-0.3, -0.25) is 14.4 Å². The zero-order chi connectivity index (χ0) is 17.5. The van der Waals surface area contributed by atoms with Crippen LogP contribution in [0.1, 0.15) is 5.56 Å². The van der Waals surface area contributed by atoms with E-state index < -0.39 is 18.5 Å². The summed E-state index contributed by atoms with van der Waals surface area (Å²) in [5.41, 5.74) is 1.13. The molecule has 1 N–H and O–H groups in total. The largest absolute Gasteiger partial charge is 0.495 e. The molecule has 1 heterocycles. The van der Waals surface area contributed by atoms with E-state index in [9.17, 15) is 14.4 Å². The SMILES string of the molecule is COc1ccc(C)cc1NC(=O)COC(=O)Cn1ccccc1=O. The van der Waals surface area contributed by atoms with Crippen LogP contribution in [0.15, 0.2) is 47.4 Å². The van der Waals surface area contributed by atoms with Crippen LogP contribution >= 0.6 is 0 Å². The van der Waals surface area contributed by atoms with Crippen molar-refractivity contribution in [1.29, 1.82) is 0 Å². The Morgan fingerprint density at radius 1 is 1.21 bits per heavy atom. The fourth-order valence-electron chi connectivity index (χ4n) is 2.03. The van der Waals surface area contributed by atoms with Gasteiger partial charge < -0.3 is 19.4 Å². The Kier molecular flexibility index (Phi) is 5.73. The average molecular weight is 330 g/mol. The van der Waals surface area contributed by atoms with E-state index in [-0.39, 0.29) is 12.1 Å². The van der Waals surface area contributed by atoms with E-state index >= 15 is 0 Å². The monoisotopic (exact) mass is 330 g/mol. The summed E-state index contributed by atoms with van der Waals surface area (Å²) in [5, 5.41) is 2.62. The van der Waals surface area contributed by atoms with Crippen molar-refractivity contribution >= 4 is 17.6 Å². The van der Waals surface area contributed by atoms with Crippen LogP contribution in [0.4, 0.5) is 5.69 Å². The van der Waals surface area contributed by atoms with Gasteiger partial charge in [0.15, 0.2) is 6.61 Å². The number of hydrogen-bond acceptors (Lipinski definition) is 5. The zero-order valence-electron chi connectivity index (χ0n) is 13.4. The first kappa shape index (κ1) is 17.3. The first-order chi connectivity index (χ1) is 11.5. The van der Waals surface area contributed by atoms with Crippen molar-refractivity contribution < 1.29 is 19.1 Å². The molecular weight excluding hydrogens is 312 g/mol. The summed E-state index contributed by atoms with van der Waals surface area (Å²) in [6, 6.07) is 9.88. The number of aromatic nitrogens is 1. The van der Waals surface area contributed by atoms with Crippen LogP contribution in [-0.4, -0.2) is 30.2 Å². The van der Waals surface area contributed by atoms with Gasteiger partial charge in [0.1, 0.15) is 12.3 Å². The van der Waals surface area contributed by atoms with Gasteiger partial charge in [-0.15, -0.1) is 0 Å². The normalized spacial score (nSPS) is 10.1. The number of ether oxygens (including phenoxy) is 2. The number of anilines is 1. The molecule has 2 aromatic rings. The lowest BCUT2D eigenvalue weighted by atomic mass is 10.2. The molecule has 0 unspecified atom stereocenters. The summed E-state index contributed by atoms with van der Waals surface area (Å²) in [6.07, 6.45) is 1.47. The Labute approximate surface area is 138 Å². The number of nitrogens with one attached hydrogen (secondary N) is 1. The number of pyridine rings is 1. The van der Waals surface area contributed by atoms with Crippen LogP contribution in [-0.2, 0) is 20.9 Å². The number of carbonyl (C=O) groups excluding carboxylic acids is 2. The van der Waals surface area contributed by atoms with Gasteiger partial charge in [-0.25, -0.2) is 0 Å². The molecule has 24 heavy (non-hydrogen) atoms. The Hall–Kier alpha value is -3.09. The van der Waals surface area contributed by atoms with E-state index in [0.29, 0.717) is 11.4 Å². The fraction of sp³-hybridized carbons (Fsp3) is 0.235. The lowest BCUT2D eigenvalue weighted by Gasteiger charge is -2.11. The van der Waals surface area contributed by atoms with Gasteiger partial charge >= 0.3 is 5.97 Å². The van der Waals surface area contributed by atoms with Crippen LogP contribution in [0.5, 0.6) is 5.75 Å². The first-order valence-corrected chi connectivity index (χ1v) is 7.25. The summed E-state index contributed by atoms with van der Waals surface area (Å²) in [4.78, 5) is 35.1. The van der Waals surface area contributed by atoms with Crippen LogP contribution < -0.4 is 15.6 Å². The summed E-state index contributed by atoms with van der Waals surface area (Å²) in [7, 11) is 1.50. The van der Waals surface area contributed by atoms with Crippen molar-refractivity contribution in [2.45, 2.75) is 13.5 Å². The predicted octanol–water partition coefficient (Wildman–Crippen LogP) is 1.35. The molecule has 0 spiro atoms. The molecule has 0 radical (unpaired) electrons. The summed E-state index contributed by atoms with van der Waals surface area (Å²) >= 11 is 0. The second-order valence-corrected chi connectivity index (χ2v) is 5.08. The number of amides is 1. The maximum atomic E-state index is 11.9. The van der Waals surface area contributed by atoms with Gasteiger partial charge in [0.05, 0.1) is 12.8 Å². The highest BCUT2D eigenvalue weighted by Crippen LogP contribution is 2.24. The van der Waals surface area contributed by atoms with Crippen molar-refractivity contribution in [1.82, 2.24) is 4.57 Å². The maximum absolute atomic E-state index is 11.9. The van der Waals surface area contributed by atoms with Gasteiger partial charge in [-0.05, 0) is 30.7 Å². The first-order valence-electron chi connectivity index (χ1n) is 7.25. The Morgan fingerprint density at radius 3 is 2.71 bits per heavy atom. The number of carbonyl (C=O) groups is 2. The van der Waals surface area contributed by atoms with Crippen LogP contribution in [0.2, 0.25) is 0 Å². The number of nitrogens with zero attached hydrogens (tertiary/aromatic N) is 1. The number of aryl methyl sites for hydroxylation is 1. The molecule has 0 aliphatic carbocycles. The van der Waals surface area contributed by atoms with E-state index in [1.54, 1.807) is 24.3 Å². The van der Waals surface area contributed by atoms with Crippen molar-refractivity contribution in [3.8, 4) is 5.75 Å². The maximum Gasteiger partial charge on any atom is 0.326 e. The van der Waals surface area contributed by atoms with E-state index in [4.69, 9.17) is 9.47 Å². The summed E-state index contributed by atoms with van der Waals surface area (Å²) in [6.45, 7) is 1.19. The molecule has 7 heteroatoms. The highest BCUT2D eigenvalue weighted by molar-refractivity contribution is 5.94. The molecule has 0 bridgehead atoms. The van der Waals surface area contributed by atoms with E-state index in [2.05, 4.69) is 5.32 Å². The fourth-order valence-corrected chi connectivity index (χ4v) is 2.03. The standard InChI is InChI=1S/C17H18N2O5/c1-12-6-7-14(23-2)13(9-12)18-15(20)11-24-17(22)10-19-8-4-3-5-16(19)21/h3-9H,10-11H2,1-2H3,(H,18,20). The van der Waals surface area contributed by atoms with Crippen molar-refractivity contribution in [3.05, 3.63) is 58.5 Å². The Balaban J connectivity index is 1.89. The molecule has 0 atom stereocenters. The van der Waals surface area contributed by atoms with E-state index in [1.165, 1.54) is 23.9 Å². The molecular formula is C17H18N2O5. The topological polar surface area (TPSA) is 86.6 Å². The molecule has 7 nitrogen and oxygen atoms in total. The third kappa shape index (κ3) is 4.70. The number of rotatable bonds is 6. The number of methoxy groups -OCH3 is 1. The minimum atomic E-state index is -0.672. The van der Waals surface area contributed by atoms with Crippen molar-refractivity contribution in [3.63, 3.8) is 0 Å². The summed E-state index contributed by atoms with van der Waals surface area (Å²) in [5.74, 6) is -0.654. The smallest absolute Gasteiger partial charge is 0.326 e. The molecule has 0 saturated carbocycles. The third-order valence-corrected chi connectivity index (χ3v) is 3.19. The van der Waals surface area contributed by atoms with Gasteiger partial charge in [0.25, 0.3) is 11.5 Å². The molecule has 2 rings (SSSR count). The molecule has 1 aromatic heterocycles. The number of esters is 1. The second-order valence-electron chi connectivity index (χ2n) is 5.08. The second kappa shape index (κ2) is 7.96. The molecule has 1 aromatic carbocycles. The quantitative estimate of drug-likeness (QED) is 0.808. The molecule has 0 saturated heterocycles. The zero-order valence-corrected chi connectivity index (χ0v) is 13.4. The van der Waals surface area contributed by atoms with Gasteiger partial charge in [-0.1, -0.05) is 12.1 Å². The summed E-state index contributed by atoms with van der Waals surface area (Å²) < 4.78 is 11.2. The van der Waals surface area contributed by atoms with Gasteiger partial charge in [-0.2, -0.15) is 0 Å². The van der Waals surface area contributed by atoms with E-state index in [0.717, 1.165) is 5.56 Å². The minimum absolute atomic E-state index is 0.249. The highest BCUT2D eigenvalue weighted by Gasteiger charge is 2.11. The van der Waals surface area contributed by atoms with Crippen LogP contribution in [0.25, 0.3) is 0 Å². The predicted molar refractivity (Wildman–Crippen MR) is 88.0 cm³/mol.